The van der Waals surface area contributed by atoms with E-state index in [1.165, 1.54) is 0 Å². The van der Waals surface area contributed by atoms with Crippen LogP contribution in [0.5, 0.6) is 5.75 Å². The monoisotopic (exact) mass is 440 g/mol. The highest BCUT2D eigenvalue weighted by Crippen LogP contribution is 2.20. The van der Waals surface area contributed by atoms with E-state index in [0.717, 1.165) is 33.8 Å². The fraction of sp³-hybridized carbons (Fsp3) is 0.261. The molecule has 0 fully saturated rings. The van der Waals surface area contributed by atoms with Gasteiger partial charge in [-0.3, -0.25) is 20.4 Å². The van der Waals surface area contributed by atoms with Crippen molar-refractivity contribution >= 4 is 23.4 Å². The van der Waals surface area contributed by atoms with Crippen molar-refractivity contribution in [3.63, 3.8) is 0 Å². The molecule has 2 aromatic carbocycles. The molecule has 8 heteroatoms. The molecule has 0 atom stereocenters. The fourth-order valence-corrected chi connectivity index (χ4v) is 3.28. The molecule has 2 N–H and O–H groups in total. The molecule has 1 aromatic heterocycles. The van der Waals surface area contributed by atoms with Crippen molar-refractivity contribution in [3.05, 3.63) is 75.6 Å². The van der Waals surface area contributed by atoms with E-state index in [1.807, 2.05) is 58.0 Å². The fourth-order valence-electron chi connectivity index (χ4n) is 3.15. The summed E-state index contributed by atoms with van der Waals surface area (Å²) in [5.41, 5.74) is 10.0. The van der Waals surface area contributed by atoms with E-state index < -0.39 is 5.91 Å². The number of benzene rings is 2. The third kappa shape index (κ3) is 5.64. The van der Waals surface area contributed by atoms with Gasteiger partial charge < -0.3 is 4.74 Å². The van der Waals surface area contributed by atoms with Crippen LogP contribution in [-0.2, 0) is 16.0 Å². The van der Waals surface area contributed by atoms with E-state index in [1.54, 1.807) is 16.8 Å². The summed E-state index contributed by atoms with van der Waals surface area (Å²) >= 11 is 5.95. The molecule has 0 saturated carbocycles. The lowest BCUT2D eigenvalue weighted by Gasteiger charge is -2.11. The second-order valence-electron chi connectivity index (χ2n) is 7.37. The number of carbonyl (C=O) groups excluding carboxylic acids is 2. The predicted molar refractivity (Wildman–Crippen MR) is 119 cm³/mol. The van der Waals surface area contributed by atoms with Gasteiger partial charge in [-0.2, -0.15) is 5.10 Å². The molecule has 0 bridgehead atoms. The molecule has 2 amide bonds. The van der Waals surface area contributed by atoms with E-state index >= 15 is 0 Å². The normalized spacial score (nSPS) is 10.6. The van der Waals surface area contributed by atoms with Gasteiger partial charge in [-0.25, -0.2) is 4.68 Å². The molecule has 0 saturated heterocycles. The lowest BCUT2D eigenvalue weighted by atomic mass is 10.1. The van der Waals surface area contributed by atoms with Crippen LogP contribution in [-0.4, -0.2) is 28.2 Å². The first-order chi connectivity index (χ1) is 14.7. The summed E-state index contributed by atoms with van der Waals surface area (Å²) in [6, 6.07) is 13.1. The molecule has 0 unspecified atom stereocenters. The van der Waals surface area contributed by atoms with Crippen LogP contribution in [0, 0.1) is 27.7 Å². The molecule has 162 valence electrons. The summed E-state index contributed by atoms with van der Waals surface area (Å²) in [5, 5.41) is 5.16. The molecular weight excluding hydrogens is 416 g/mol. The molecule has 0 aliphatic rings. The van der Waals surface area contributed by atoms with Crippen LogP contribution >= 0.6 is 11.6 Å². The summed E-state index contributed by atoms with van der Waals surface area (Å²) in [6.07, 6.45) is 0.0867. The first-order valence-corrected chi connectivity index (χ1v) is 10.2. The Morgan fingerprint density at radius 2 is 1.68 bits per heavy atom. The Morgan fingerprint density at radius 1 is 1.00 bits per heavy atom. The van der Waals surface area contributed by atoms with E-state index in [9.17, 15) is 9.59 Å². The van der Waals surface area contributed by atoms with Gasteiger partial charge in [0.15, 0.2) is 6.61 Å². The van der Waals surface area contributed by atoms with E-state index in [2.05, 4.69) is 16.0 Å². The predicted octanol–water partition coefficient (Wildman–Crippen LogP) is 3.53. The number of nitrogens with zero attached hydrogens (tertiary/aromatic N) is 2. The van der Waals surface area contributed by atoms with Crippen molar-refractivity contribution in [1.82, 2.24) is 20.6 Å². The van der Waals surface area contributed by atoms with Gasteiger partial charge in [0.2, 0.25) is 5.91 Å². The van der Waals surface area contributed by atoms with Gasteiger partial charge in [0.05, 0.1) is 17.8 Å². The number of halogens is 1. The van der Waals surface area contributed by atoms with Crippen LogP contribution in [0.3, 0.4) is 0 Å². The van der Waals surface area contributed by atoms with Crippen LogP contribution in [0.1, 0.15) is 28.1 Å². The van der Waals surface area contributed by atoms with Crippen LogP contribution in [0.15, 0.2) is 42.5 Å². The number of rotatable bonds is 6. The number of ether oxygens (including phenoxy) is 1. The minimum Gasteiger partial charge on any atom is -0.483 e. The summed E-state index contributed by atoms with van der Waals surface area (Å²) in [5.74, 6) is -0.149. The van der Waals surface area contributed by atoms with Crippen molar-refractivity contribution in [1.29, 1.82) is 0 Å². The Balaban J connectivity index is 1.55. The van der Waals surface area contributed by atoms with Gasteiger partial charge in [0, 0.05) is 16.3 Å². The molecule has 0 radical (unpaired) electrons. The maximum atomic E-state index is 12.4. The second-order valence-corrected chi connectivity index (χ2v) is 7.80. The SMILES string of the molecule is Cc1ccc(C)c(OCC(=O)NNC(=O)Cc2c(C)nn(-c3ccc(Cl)cc3)c2C)c1. The molecule has 3 aromatic rings. The van der Waals surface area contributed by atoms with Gasteiger partial charge >= 0.3 is 0 Å². The zero-order valence-corrected chi connectivity index (χ0v) is 18.7. The van der Waals surface area contributed by atoms with Gasteiger partial charge in [-0.05, 0) is 69.2 Å². The Bertz CT molecular complexity index is 1110. The van der Waals surface area contributed by atoms with Gasteiger partial charge in [0.25, 0.3) is 5.91 Å². The smallest absolute Gasteiger partial charge is 0.276 e. The average Bonchev–Trinajstić information content (AvgIpc) is 3.01. The molecule has 3 rings (SSSR count). The van der Waals surface area contributed by atoms with Gasteiger partial charge in [-0.15, -0.1) is 0 Å². The lowest BCUT2D eigenvalue weighted by Crippen LogP contribution is -2.44. The second kappa shape index (κ2) is 9.66. The van der Waals surface area contributed by atoms with E-state index in [-0.39, 0.29) is 18.9 Å². The highest BCUT2D eigenvalue weighted by atomic mass is 35.5. The molecule has 31 heavy (non-hydrogen) atoms. The quantitative estimate of drug-likeness (QED) is 0.574. The van der Waals surface area contributed by atoms with Crippen LogP contribution in [0.25, 0.3) is 5.69 Å². The summed E-state index contributed by atoms with van der Waals surface area (Å²) in [7, 11) is 0. The highest BCUT2D eigenvalue weighted by Gasteiger charge is 2.16. The first-order valence-electron chi connectivity index (χ1n) is 9.83. The zero-order chi connectivity index (χ0) is 22.5. The van der Waals surface area contributed by atoms with Crippen LogP contribution in [0.4, 0.5) is 0 Å². The minimum absolute atomic E-state index is 0.0867. The number of amides is 2. The Labute approximate surface area is 186 Å². The van der Waals surface area contributed by atoms with E-state index in [0.29, 0.717) is 10.8 Å². The Morgan fingerprint density at radius 3 is 2.39 bits per heavy atom. The molecule has 0 aliphatic carbocycles. The van der Waals surface area contributed by atoms with Crippen molar-refractivity contribution in [2.45, 2.75) is 34.1 Å². The largest absolute Gasteiger partial charge is 0.483 e. The lowest BCUT2D eigenvalue weighted by molar-refractivity contribution is -0.129. The molecule has 1 heterocycles. The molecule has 0 aliphatic heterocycles. The van der Waals surface area contributed by atoms with Crippen molar-refractivity contribution < 1.29 is 14.3 Å². The number of nitrogens with one attached hydrogen (secondary N) is 2. The highest BCUT2D eigenvalue weighted by molar-refractivity contribution is 6.30. The van der Waals surface area contributed by atoms with Crippen molar-refractivity contribution in [2.75, 3.05) is 6.61 Å². The Kier molecular flexibility index (Phi) is 6.97. The number of hydrogen-bond acceptors (Lipinski definition) is 4. The first kappa shape index (κ1) is 22.4. The minimum atomic E-state index is -0.445. The molecule has 7 nitrogen and oxygen atoms in total. The number of aromatic nitrogens is 2. The van der Waals surface area contributed by atoms with Crippen molar-refractivity contribution in [3.8, 4) is 11.4 Å². The summed E-state index contributed by atoms with van der Waals surface area (Å²) < 4.78 is 7.31. The van der Waals surface area contributed by atoms with Crippen LogP contribution < -0.4 is 15.6 Å². The molecule has 0 spiro atoms. The third-order valence-corrected chi connectivity index (χ3v) is 5.15. The molecular formula is C23H25ClN4O3. The van der Waals surface area contributed by atoms with Gasteiger partial charge in [-0.1, -0.05) is 23.7 Å². The topological polar surface area (TPSA) is 85.2 Å². The van der Waals surface area contributed by atoms with Crippen molar-refractivity contribution in [2.24, 2.45) is 0 Å². The maximum Gasteiger partial charge on any atom is 0.276 e. The summed E-state index contributed by atoms with van der Waals surface area (Å²) in [6.45, 7) is 7.40. The van der Waals surface area contributed by atoms with E-state index in [4.69, 9.17) is 16.3 Å². The number of aryl methyl sites for hydroxylation is 3. The summed E-state index contributed by atoms with van der Waals surface area (Å²) in [4.78, 5) is 24.4. The van der Waals surface area contributed by atoms with Crippen LogP contribution in [0.2, 0.25) is 5.02 Å². The average molecular weight is 441 g/mol. The Hall–Kier alpha value is -3.32. The maximum absolute atomic E-state index is 12.4. The third-order valence-electron chi connectivity index (χ3n) is 4.89. The number of hydrogen-bond donors (Lipinski definition) is 2. The zero-order valence-electron chi connectivity index (χ0n) is 18.0. The standard InChI is InChI=1S/C23H25ClN4O3/c1-14-5-6-15(2)21(11-14)31-13-23(30)26-25-22(29)12-20-16(3)27-28(17(20)4)19-9-7-18(24)8-10-19/h5-11H,12-13H2,1-4H3,(H,25,29)(H,26,30). The van der Waals surface area contributed by atoms with Gasteiger partial charge in [0.1, 0.15) is 5.75 Å². The number of hydrazine groups is 1. The number of carbonyl (C=O) groups is 2.